The van der Waals surface area contributed by atoms with Crippen molar-refractivity contribution in [3.8, 4) is 0 Å². The standard InChI is InChI=1S/C7H8.C6H8N2.ClH/c1-7-5-3-2-4-6-7;7-5-1-2-6(8)4-3-5;/h2-6H,1H3;1-4H,7-8H2;1H. The molecule has 86 valence electrons. The molecule has 0 amide bonds. The molecule has 16 heavy (non-hydrogen) atoms. The zero-order chi connectivity index (χ0) is 11.1. The smallest absolute Gasteiger partial charge is 0.0315 e. The van der Waals surface area contributed by atoms with Crippen LogP contribution in [-0.4, -0.2) is 0 Å². The second-order valence-corrected chi connectivity index (χ2v) is 3.32. The van der Waals surface area contributed by atoms with Crippen molar-refractivity contribution in [2.45, 2.75) is 6.92 Å². The zero-order valence-electron chi connectivity index (χ0n) is 9.26. The summed E-state index contributed by atoms with van der Waals surface area (Å²) in [5.41, 5.74) is 13.6. The third kappa shape index (κ3) is 5.94. The minimum atomic E-state index is 0. The maximum Gasteiger partial charge on any atom is 0.0315 e. The van der Waals surface area contributed by atoms with E-state index in [9.17, 15) is 0 Å². The van der Waals surface area contributed by atoms with Crippen molar-refractivity contribution in [1.29, 1.82) is 0 Å². The van der Waals surface area contributed by atoms with Gasteiger partial charge >= 0.3 is 0 Å². The molecule has 4 N–H and O–H groups in total. The average molecular weight is 237 g/mol. The molecule has 0 saturated heterocycles. The number of rotatable bonds is 0. The predicted octanol–water partition coefficient (Wildman–Crippen LogP) is 3.27. The summed E-state index contributed by atoms with van der Waals surface area (Å²) in [6.45, 7) is 2.08. The van der Waals surface area contributed by atoms with E-state index in [2.05, 4.69) is 19.1 Å². The SMILES string of the molecule is Cc1ccccc1.Cl.Nc1ccc(N)cc1. The van der Waals surface area contributed by atoms with E-state index in [0.717, 1.165) is 11.4 Å². The van der Waals surface area contributed by atoms with Gasteiger partial charge < -0.3 is 11.5 Å². The molecule has 0 radical (unpaired) electrons. The summed E-state index contributed by atoms with van der Waals surface area (Å²) in [7, 11) is 0. The van der Waals surface area contributed by atoms with Gasteiger partial charge in [-0.25, -0.2) is 0 Å². The molecule has 0 bridgehead atoms. The van der Waals surface area contributed by atoms with Crippen LogP contribution in [0.15, 0.2) is 54.6 Å². The van der Waals surface area contributed by atoms with Crippen LogP contribution in [0.5, 0.6) is 0 Å². The fourth-order valence-corrected chi connectivity index (χ4v) is 1.03. The van der Waals surface area contributed by atoms with Crippen LogP contribution in [0.4, 0.5) is 11.4 Å². The normalized spacial score (nSPS) is 8.31. The van der Waals surface area contributed by atoms with E-state index >= 15 is 0 Å². The lowest BCUT2D eigenvalue weighted by atomic mass is 10.2. The summed E-state index contributed by atoms with van der Waals surface area (Å²) in [5.74, 6) is 0. The largest absolute Gasteiger partial charge is 0.399 e. The van der Waals surface area contributed by atoms with Crippen LogP contribution in [0.1, 0.15) is 5.56 Å². The van der Waals surface area contributed by atoms with Crippen molar-refractivity contribution in [2.24, 2.45) is 0 Å². The predicted molar refractivity (Wildman–Crippen MR) is 73.7 cm³/mol. The van der Waals surface area contributed by atoms with Crippen molar-refractivity contribution in [1.82, 2.24) is 0 Å². The molecule has 0 unspecified atom stereocenters. The maximum atomic E-state index is 5.37. The van der Waals surface area contributed by atoms with Gasteiger partial charge in [0, 0.05) is 11.4 Å². The maximum absolute atomic E-state index is 5.37. The summed E-state index contributed by atoms with van der Waals surface area (Å²) in [6, 6.07) is 17.4. The molecule has 0 aromatic heterocycles. The molecule has 2 rings (SSSR count). The van der Waals surface area contributed by atoms with Crippen LogP contribution in [-0.2, 0) is 0 Å². The van der Waals surface area contributed by atoms with Gasteiger partial charge in [0.1, 0.15) is 0 Å². The Bertz CT molecular complexity index is 363. The van der Waals surface area contributed by atoms with Gasteiger partial charge in [-0.05, 0) is 31.2 Å². The van der Waals surface area contributed by atoms with Crippen LogP contribution in [0, 0.1) is 6.92 Å². The molecule has 2 aromatic carbocycles. The van der Waals surface area contributed by atoms with Gasteiger partial charge in [-0.1, -0.05) is 35.9 Å². The van der Waals surface area contributed by atoms with E-state index in [4.69, 9.17) is 11.5 Å². The molecule has 0 aliphatic carbocycles. The summed E-state index contributed by atoms with van der Waals surface area (Å²) < 4.78 is 0. The number of anilines is 2. The molecule has 0 aliphatic heterocycles. The molecule has 0 aliphatic rings. The Morgan fingerprint density at radius 1 is 0.688 bits per heavy atom. The minimum absolute atomic E-state index is 0. The summed E-state index contributed by atoms with van der Waals surface area (Å²) in [5, 5.41) is 0. The zero-order valence-corrected chi connectivity index (χ0v) is 10.1. The van der Waals surface area contributed by atoms with Crippen molar-refractivity contribution in [3.05, 3.63) is 60.2 Å². The Kier molecular flexibility index (Phi) is 6.81. The Hall–Kier alpha value is -1.67. The number of hydrogen-bond donors (Lipinski definition) is 2. The van der Waals surface area contributed by atoms with Gasteiger partial charge in [0.2, 0.25) is 0 Å². The molecule has 0 fully saturated rings. The Balaban J connectivity index is 0.000000267. The van der Waals surface area contributed by atoms with E-state index in [0.29, 0.717) is 0 Å². The number of benzene rings is 2. The van der Waals surface area contributed by atoms with E-state index in [-0.39, 0.29) is 12.4 Å². The van der Waals surface area contributed by atoms with Gasteiger partial charge in [-0.2, -0.15) is 0 Å². The highest BCUT2D eigenvalue weighted by molar-refractivity contribution is 5.85. The molecular formula is C13H17ClN2. The van der Waals surface area contributed by atoms with Crippen LogP contribution in [0.3, 0.4) is 0 Å². The van der Waals surface area contributed by atoms with Gasteiger partial charge in [0.15, 0.2) is 0 Å². The molecule has 2 nitrogen and oxygen atoms in total. The minimum Gasteiger partial charge on any atom is -0.399 e. The number of hydrogen-bond acceptors (Lipinski definition) is 2. The van der Waals surface area contributed by atoms with Crippen LogP contribution >= 0.6 is 12.4 Å². The lowest BCUT2D eigenvalue weighted by Crippen LogP contribution is -1.86. The summed E-state index contributed by atoms with van der Waals surface area (Å²) in [4.78, 5) is 0. The van der Waals surface area contributed by atoms with E-state index in [1.807, 2.05) is 18.2 Å². The summed E-state index contributed by atoms with van der Waals surface area (Å²) >= 11 is 0. The highest BCUT2D eigenvalue weighted by Gasteiger charge is 1.80. The number of aryl methyl sites for hydroxylation is 1. The summed E-state index contributed by atoms with van der Waals surface area (Å²) in [6.07, 6.45) is 0. The fourth-order valence-electron chi connectivity index (χ4n) is 1.03. The molecule has 2 aromatic rings. The second kappa shape index (κ2) is 7.60. The van der Waals surface area contributed by atoms with Crippen molar-refractivity contribution < 1.29 is 0 Å². The van der Waals surface area contributed by atoms with Crippen LogP contribution in [0.2, 0.25) is 0 Å². The average Bonchev–Trinajstić information content (AvgIpc) is 2.25. The molecule has 0 atom stereocenters. The lowest BCUT2D eigenvalue weighted by molar-refractivity contribution is 1.48. The molecule has 3 heteroatoms. The molecule has 0 heterocycles. The second-order valence-electron chi connectivity index (χ2n) is 3.32. The number of nitrogens with two attached hydrogens (primary N) is 2. The first-order valence-corrected chi connectivity index (χ1v) is 4.81. The van der Waals surface area contributed by atoms with Gasteiger partial charge in [0.25, 0.3) is 0 Å². The molecule has 0 spiro atoms. The number of halogens is 1. The van der Waals surface area contributed by atoms with Crippen LogP contribution < -0.4 is 11.5 Å². The Morgan fingerprint density at radius 2 is 1.06 bits per heavy atom. The van der Waals surface area contributed by atoms with Gasteiger partial charge in [-0.15, -0.1) is 12.4 Å². The first kappa shape index (κ1) is 14.3. The molecular weight excluding hydrogens is 220 g/mol. The van der Waals surface area contributed by atoms with Gasteiger partial charge in [-0.3, -0.25) is 0 Å². The van der Waals surface area contributed by atoms with Crippen molar-refractivity contribution >= 4 is 23.8 Å². The van der Waals surface area contributed by atoms with Crippen LogP contribution in [0.25, 0.3) is 0 Å². The lowest BCUT2D eigenvalue weighted by Gasteiger charge is -1.90. The van der Waals surface area contributed by atoms with E-state index < -0.39 is 0 Å². The van der Waals surface area contributed by atoms with Crippen molar-refractivity contribution in [2.75, 3.05) is 11.5 Å². The highest BCUT2D eigenvalue weighted by atomic mass is 35.5. The third-order valence-corrected chi connectivity index (χ3v) is 1.88. The molecule has 0 saturated carbocycles. The Morgan fingerprint density at radius 3 is 1.31 bits per heavy atom. The first-order chi connectivity index (χ1) is 7.18. The Labute approximate surface area is 103 Å². The highest BCUT2D eigenvalue weighted by Crippen LogP contribution is 2.04. The quantitative estimate of drug-likeness (QED) is 0.690. The first-order valence-electron chi connectivity index (χ1n) is 4.81. The van der Waals surface area contributed by atoms with E-state index in [1.165, 1.54) is 5.56 Å². The fraction of sp³-hybridized carbons (Fsp3) is 0.0769. The monoisotopic (exact) mass is 236 g/mol. The van der Waals surface area contributed by atoms with Gasteiger partial charge in [0.05, 0.1) is 0 Å². The topological polar surface area (TPSA) is 52.0 Å². The van der Waals surface area contributed by atoms with Crippen molar-refractivity contribution in [3.63, 3.8) is 0 Å². The number of nitrogen functional groups attached to an aromatic ring is 2. The van der Waals surface area contributed by atoms with E-state index in [1.54, 1.807) is 24.3 Å². The third-order valence-electron chi connectivity index (χ3n) is 1.88.